The third kappa shape index (κ3) is 4.14. The Labute approximate surface area is 231 Å². The van der Waals surface area contributed by atoms with E-state index in [1.165, 1.54) is 6.07 Å². The highest BCUT2D eigenvalue weighted by atomic mass is 35.5. The molecule has 208 valence electrons. The number of aliphatic hydroxyl groups excluding tert-OH is 2. The molecule has 1 aromatic carbocycles. The predicted molar refractivity (Wildman–Crippen MR) is 144 cm³/mol. The van der Waals surface area contributed by atoms with Crippen LogP contribution in [-0.4, -0.2) is 74.6 Å². The Morgan fingerprint density at radius 3 is 2.54 bits per heavy atom. The quantitative estimate of drug-likeness (QED) is 0.353. The van der Waals surface area contributed by atoms with Crippen LogP contribution in [0.15, 0.2) is 34.4 Å². The molecular weight excluding hydrogens is 524 g/mol. The minimum Gasteiger partial charge on any atom is -0.507 e. The fourth-order valence-corrected chi connectivity index (χ4v) is 7.34. The molecule has 0 spiro atoms. The average Bonchev–Trinajstić information content (AvgIpc) is 2.88. The Hall–Kier alpha value is -2.98. The first-order valence-corrected chi connectivity index (χ1v) is 13.6. The second kappa shape index (κ2) is 9.89. The maximum Gasteiger partial charge on any atom is 0.230 e. The van der Waals surface area contributed by atoms with Crippen LogP contribution in [0.1, 0.15) is 48.8 Å². The highest BCUT2D eigenvalue weighted by molar-refractivity contribution is 6.34. The summed E-state index contributed by atoms with van der Waals surface area (Å²) in [5, 5.41) is 45.3. The number of carbonyl (C=O) groups excluding carboxylic acids is 3. The number of nitrogens with two attached hydrogens (primary N) is 1. The molecule has 2 fully saturated rings. The lowest BCUT2D eigenvalue weighted by Crippen LogP contribution is -2.73. The summed E-state index contributed by atoms with van der Waals surface area (Å²) in [5.41, 5.74) is 4.91. The average molecular weight is 557 g/mol. The number of aromatic hydroxyl groups is 1. The maximum atomic E-state index is 13.9. The molecule has 6 atom stereocenters. The Morgan fingerprint density at radius 2 is 1.92 bits per heavy atom. The van der Waals surface area contributed by atoms with E-state index in [0.717, 1.165) is 31.3 Å². The van der Waals surface area contributed by atoms with Crippen molar-refractivity contribution in [3.05, 3.63) is 51.1 Å². The van der Waals surface area contributed by atoms with Gasteiger partial charge in [-0.15, -0.1) is 0 Å². The van der Waals surface area contributed by atoms with Gasteiger partial charge in [0.15, 0.2) is 11.4 Å². The molecule has 2 saturated carbocycles. The molecule has 4 aliphatic carbocycles. The molecule has 39 heavy (non-hydrogen) atoms. The SMILES string of the molecule is CN(C)[C@H]1C(O)C(C(N)=O)C(=O)[C@]2(O)C(=O)C3=C(O)c4c(O)ccc(/C=C(\Cl)C5=CCCCC5)c4C[C@@H]3C[C@H]12. The van der Waals surface area contributed by atoms with Crippen LogP contribution in [0.25, 0.3) is 11.8 Å². The number of hydrogen-bond acceptors (Lipinski definition) is 8. The van der Waals surface area contributed by atoms with E-state index in [-0.39, 0.29) is 29.7 Å². The van der Waals surface area contributed by atoms with Crippen LogP contribution in [0.2, 0.25) is 0 Å². The molecule has 0 heterocycles. The molecule has 4 aliphatic rings. The van der Waals surface area contributed by atoms with Crippen molar-refractivity contribution in [2.75, 3.05) is 14.1 Å². The van der Waals surface area contributed by atoms with Gasteiger partial charge in [0, 0.05) is 22.6 Å². The number of aliphatic hydroxyl groups is 3. The molecule has 0 radical (unpaired) electrons. The molecule has 0 aliphatic heterocycles. The van der Waals surface area contributed by atoms with Gasteiger partial charge in [0.1, 0.15) is 17.4 Å². The van der Waals surface area contributed by atoms with E-state index in [1.807, 2.05) is 0 Å². The van der Waals surface area contributed by atoms with E-state index in [9.17, 15) is 34.8 Å². The van der Waals surface area contributed by atoms with Crippen molar-refractivity contribution in [1.82, 2.24) is 4.90 Å². The molecular formula is C29H33ClN2O7. The zero-order chi connectivity index (χ0) is 28.4. The highest BCUT2D eigenvalue weighted by Crippen LogP contribution is 2.52. The van der Waals surface area contributed by atoms with Crippen molar-refractivity contribution in [2.45, 2.75) is 56.3 Å². The second-order valence-electron chi connectivity index (χ2n) is 11.3. The van der Waals surface area contributed by atoms with E-state index in [0.29, 0.717) is 16.2 Å². The van der Waals surface area contributed by atoms with Crippen LogP contribution < -0.4 is 5.73 Å². The van der Waals surface area contributed by atoms with Crippen molar-refractivity contribution >= 4 is 40.9 Å². The van der Waals surface area contributed by atoms with Crippen LogP contribution in [0.3, 0.4) is 0 Å². The van der Waals surface area contributed by atoms with Crippen molar-refractivity contribution in [3.63, 3.8) is 0 Å². The normalized spacial score (nSPS) is 32.9. The molecule has 1 amide bonds. The first kappa shape index (κ1) is 27.6. The summed E-state index contributed by atoms with van der Waals surface area (Å²) >= 11 is 6.67. The number of nitrogens with zero attached hydrogens (tertiary/aromatic N) is 1. The largest absolute Gasteiger partial charge is 0.507 e. The van der Waals surface area contributed by atoms with Crippen molar-refractivity contribution in [3.8, 4) is 5.75 Å². The number of rotatable bonds is 4. The van der Waals surface area contributed by atoms with Gasteiger partial charge in [-0.05, 0) is 87.4 Å². The van der Waals surface area contributed by atoms with E-state index in [4.69, 9.17) is 17.3 Å². The number of phenols is 1. The van der Waals surface area contributed by atoms with E-state index < -0.39 is 58.7 Å². The first-order chi connectivity index (χ1) is 18.4. The Bertz CT molecular complexity index is 1360. The summed E-state index contributed by atoms with van der Waals surface area (Å²) < 4.78 is 0. The molecule has 0 saturated heterocycles. The van der Waals surface area contributed by atoms with Gasteiger partial charge in [0.25, 0.3) is 0 Å². The number of likely N-dealkylation sites (N-methyl/N-ethyl adjacent to an activating group) is 1. The van der Waals surface area contributed by atoms with Gasteiger partial charge in [-0.25, -0.2) is 0 Å². The molecule has 1 aromatic rings. The maximum absolute atomic E-state index is 13.9. The fraction of sp³-hybridized carbons (Fsp3) is 0.483. The monoisotopic (exact) mass is 556 g/mol. The number of hydrogen-bond donors (Lipinski definition) is 5. The molecule has 0 bridgehead atoms. The van der Waals surface area contributed by atoms with Crippen LogP contribution in [-0.2, 0) is 20.8 Å². The van der Waals surface area contributed by atoms with Crippen molar-refractivity contribution in [2.24, 2.45) is 23.5 Å². The number of carbonyl (C=O) groups is 3. The van der Waals surface area contributed by atoms with Gasteiger partial charge < -0.3 is 31.1 Å². The van der Waals surface area contributed by atoms with E-state index in [1.54, 1.807) is 31.1 Å². The van der Waals surface area contributed by atoms with E-state index in [2.05, 4.69) is 6.08 Å². The Morgan fingerprint density at radius 1 is 1.21 bits per heavy atom. The Balaban J connectivity index is 1.65. The summed E-state index contributed by atoms with van der Waals surface area (Å²) in [7, 11) is 3.24. The standard InChI is InChI=1S/C29H33ClN2O7/c1-32(2)23-17-11-15-10-16-14(12-18(30)13-6-4-3-5-7-13)8-9-19(33)21(16)24(34)20(15)26(36)29(17,39)27(37)22(25(23)35)28(31)38/h6,8-9,12,15,17,22-23,25,33-35,39H,3-5,7,10-11H2,1-2H3,(H2,31,38)/b18-12-/t15-,17-,22?,23-,25?,29-/m1/s1. The summed E-state index contributed by atoms with van der Waals surface area (Å²) in [6, 6.07) is 2.17. The zero-order valence-corrected chi connectivity index (χ0v) is 22.6. The lowest BCUT2D eigenvalue weighted by Gasteiger charge is -2.53. The molecule has 5 rings (SSSR count). The number of halogens is 1. The highest BCUT2D eigenvalue weighted by Gasteiger charge is 2.67. The third-order valence-electron chi connectivity index (χ3n) is 8.89. The van der Waals surface area contributed by atoms with Gasteiger partial charge >= 0.3 is 0 Å². The topological polar surface area (TPSA) is 161 Å². The molecule has 10 heteroatoms. The van der Waals surface area contributed by atoms with Gasteiger partial charge in [-0.3, -0.25) is 14.4 Å². The van der Waals surface area contributed by atoms with Gasteiger partial charge in [0.05, 0.1) is 11.7 Å². The van der Waals surface area contributed by atoms with Crippen molar-refractivity contribution in [1.29, 1.82) is 0 Å². The predicted octanol–water partition coefficient (Wildman–Crippen LogP) is 2.21. The van der Waals surface area contributed by atoms with Crippen LogP contribution in [0, 0.1) is 17.8 Å². The number of amides is 1. The van der Waals surface area contributed by atoms with Crippen molar-refractivity contribution < 1.29 is 34.8 Å². The first-order valence-electron chi connectivity index (χ1n) is 13.2. The molecule has 0 aromatic heterocycles. The number of Topliss-reactive ketones (excluding diaryl/α,β-unsaturated/α-hetero) is 2. The number of primary amides is 1. The van der Waals surface area contributed by atoms with Gasteiger partial charge in [0.2, 0.25) is 11.7 Å². The van der Waals surface area contributed by atoms with Crippen LogP contribution in [0.5, 0.6) is 5.75 Å². The third-order valence-corrected chi connectivity index (χ3v) is 9.24. The number of allylic oxidation sites excluding steroid dienone is 3. The minimum atomic E-state index is -2.67. The molecule has 2 unspecified atom stereocenters. The number of benzene rings is 1. The molecule has 6 N–H and O–H groups in total. The zero-order valence-electron chi connectivity index (χ0n) is 21.9. The number of phenolic OH excluding ortho intramolecular Hbond substituents is 1. The second-order valence-corrected chi connectivity index (χ2v) is 11.7. The summed E-state index contributed by atoms with van der Waals surface area (Å²) in [6.07, 6.45) is 6.62. The minimum absolute atomic E-state index is 0.0476. The lowest BCUT2D eigenvalue weighted by atomic mass is 9.54. The number of ketones is 2. The van der Waals surface area contributed by atoms with E-state index >= 15 is 0 Å². The Kier molecular flexibility index (Phi) is 6.99. The molecule has 9 nitrogen and oxygen atoms in total. The summed E-state index contributed by atoms with van der Waals surface area (Å²) in [6.45, 7) is 0. The van der Waals surface area contributed by atoms with Crippen LogP contribution >= 0.6 is 11.6 Å². The summed E-state index contributed by atoms with van der Waals surface area (Å²) in [4.78, 5) is 41.0. The smallest absolute Gasteiger partial charge is 0.230 e. The fourth-order valence-electron chi connectivity index (χ4n) is 7.05. The van der Waals surface area contributed by atoms with Gasteiger partial charge in [-0.1, -0.05) is 23.7 Å². The van der Waals surface area contributed by atoms with Gasteiger partial charge in [-0.2, -0.15) is 0 Å². The summed E-state index contributed by atoms with van der Waals surface area (Å²) in [5.74, 6) is -7.60. The lowest BCUT2D eigenvalue weighted by molar-refractivity contribution is -0.184. The number of fused-ring (bicyclic) bond motifs is 3. The van der Waals surface area contributed by atoms with Crippen LogP contribution in [0.4, 0.5) is 0 Å².